The molecule has 1 saturated heterocycles. The summed E-state index contributed by atoms with van der Waals surface area (Å²) in [7, 11) is 0. The fraction of sp³-hybridized carbons (Fsp3) is 0.750. The highest BCUT2D eigenvalue weighted by atomic mass is 16.6. The zero-order chi connectivity index (χ0) is 17.5. The summed E-state index contributed by atoms with van der Waals surface area (Å²) in [6, 6.07) is -0.546. The van der Waals surface area contributed by atoms with E-state index >= 15 is 0 Å². The Kier molecular flexibility index (Phi) is 4.23. The summed E-state index contributed by atoms with van der Waals surface area (Å²) in [6.07, 6.45) is 2.18. The Morgan fingerprint density at radius 1 is 1.29 bits per heavy atom. The van der Waals surface area contributed by atoms with Gasteiger partial charge in [0.15, 0.2) is 6.61 Å². The van der Waals surface area contributed by atoms with Gasteiger partial charge in [-0.2, -0.15) is 0 Å². The molecule has 0 N–H and O–H groups in total. The number of rotatable bonds is 3. The van der Waals surface area contributed by atoms with Gasteiger partial charge in [-0.1, -0.05) is 0 Å². The van der Waals surface area contributed by atoms with Gasteiger partial charge in [-0.3, -0.25) is 4.90 Å². The summed E-state index contributed by atoms with van der Waals surface area (Å²) in [5, 5.41) is 7.49. The number of fused-ring (bicyclic) bond motifs is 2. The van der Waals surface area contributed by atoms with Gasteiger partial charge in [0.2, 0.25) is 5.89 Å². The number of aromatic nitrogens is 2. The Morgan fingerprint density at radius 2 is 2.04 bits per heavy atom. The first-order valence-electron chi connectivity index (χ1n) is 8.21. The number of carbonyl (C=O) groups excluding carboxylic acids is 2. The molecule has 0 unspecified atom stereocenters. The van der Waals surface area contributed by atoms with Crippen molar-refractivity contribution in [3.63, 3.8) is 0 Å². The topological polar surface area (TPSA) is 94.8 Å². The molecule has 1 aromatic heterocycles. The molecule has 8 nitrogen and oxygen atoms in total. The van der Waals surface area contributed by atoms with Crippen molar-refractivity contribution in [1.82, 2.24) is 15.1 Å². The van der Waals surface area contributed by atoms with Crippen molar-refractivity contribution in [1.29, 1.82) is 0 Å². The zero-order valence-electron chi connectivity index (χ0n) is 14.4. The number of esters is 1. The molecule has 0 aromatic carbocycles. The van der Waals surface area contributed by atoms with Crippen molar-refractivity contribution in [3.05, 3.63) is 11.8 Å². The average molecular weight is 337 g/mol. The van der Waals surface area contributed by atoms with E-state index in [1.54, 1.807) is 11.8 Å². The van der Waals surface area contributed by atoms with E-state index in [0.29, 0.717) is 5.89 Å². The number of piperidine rings is 1. The first kappa shape index (κ1) is 16.7. The lowest BCUT2D eigenvalue weighted by atomic mass is 9.99. The summed E-state index contributed by atoms with van der Waals surface area (Å²) in [4.78, 5) is 26.6. The Labute approximate surface area is 140 Å². The minimum Gasteiger partial charge on any atom is -0.454 e. The largest absolute Gasteiger partial charge is 0.454 e. The number of hydrogen-bond acceptors (Lipinski definition) is 7. The van der Waals surface area contributed by atoms with E-state index in [1.807, 2.05) is 20.8 Å². The third-order valence-corrected chi connectivity index (χ3v) is 4.34. The molecule has 0 radical (unpaired) electrons. The highest BCUT2D eigenvalue weighted by molar-refractivity contribution is 5.83. The van der Waals surface area contributed by atoms with Gasteiger partial charge in [-0.05, 0) is 46.0 Å². The molecule has 3 rings (SSSR count). The van der Waals surface area contributed by atoms with Crippen LogP contribution in [0.1, 0.15) is 51.8 Å². The fourth-order valence-electron chi connectivity index (χ4n) is 3.48. The molecule has 132 valence electrons. The van der Waals surface area contributed by atoms with Gasteiger partial charge < -0.3 is 13.9 Å². The van der Waals surface area contributed by atoms with Gasteiger partial charge in [0, 0.05) is 13.0 Å². The summed E-state index contributed by atoms with van der Waals surface area (Å²) < 4.78 is 16.0. The van der Waals surface area contributed by atoms with Gasteiger partial charge >= 0.3 is 12.1 Å². The van der Waals surface area contributed by atoms with E-state index in [1.165, 1.54) is 0 Å². The monoisotopic (exact) mass is 337 g/mol. The van der Waals surface area contributed by atoms with Gasteiger partial charge in [0.1, 0.15) is 11.6 Å². The molecule has 1 amide bonds. The molecule has 3 atom stereocenters. The van der Waals surface area contributed by atoms with E-state index in [0.717, 1.165) is 19.3 Å². The third kappa shape index (κ3) is 3.37. The van der Waals surface area contributed by atoms with Gasteiger partial charge in [0.25, 0.3) is 5.89 Å². The number of amides is 1. The Balaban J connectivity index is 1.67. The van der Waals surface area contributed by atoms with Crippen molar-refractivity contribution in [3.8, 4) is 0 Å². The first-order chi connectivity index (χ1) is 11.2. The quantitative estimate of drug-likeness (QED) is 0.780. The van der Waals surface area contributed by atoms with Crippen molar-refractivity contribution >= 4 is 12.1 Å². The summed E-state index contributed by atoms with van der Waals surface area (Å²) in [5.74, 6) is 0.340. The lowest BCUT2D eigenvalue weighted by Gasteiger charge is -2.34. The molecule has 2 aliphatic rings. The maximum atomic E-state index is 12.5. The summed E-state index contributed by atoms with van der Waals surface area (Å²) >= 11 is 0. The second-order valence-electron chi connectivity index (χ2n) is 7.38. The third-order valence-electron chi connectivity index (χ3n) is 4.34. The van der Waals surface area contributed by atoms with Crippen LogP contribution in [0.15, 0.2) is 4.42 Å². The second kappa shape index (κ2) is 6.07. The molecule has 1 aliphatic carbocycles. The van der Waals surface area contributed by atoms with Crippen LogP contribution in [0.5, 0.6) is 0 Å². The lowest BCUT2D eigenvalue weighted by molar-refractivity contribution is -0.153. The molecule has 0 spiro atoms. The van der Waals surface area contributed by atoms with E-state index in [2.05, 4.69) is 10.2 Å². The number of carbonyl (C=O) groups is 2. The normalized spacial score (nSPS) is 25.8. The van der Waals surface area contributed by atoms with Crippen LogP contribution in [0.2, 0.25) is 0 Å². The smallest absolute Gasteiger partial charge is 0.411 e. The molecular weight excluding hydrogens is 314 g/mol. The van der Waals surface area contributed by atoms with Crippen molar-refractivity contribution in [2.45, 2.75) is 71.2 Å². The van der Waals surface area contributed by atoms with Crippen LogP contribution < -0.4 is 0 Å². The van der Waals surface area contributed by atoms with Crippen LogP contribution in [-0.2, 0) is 20.9 Å². The fourth-order valence-corrected chi connectivity index (χ4v) is 3.48. The van der Waals surface area contributed by atoms with Gasteiger partial charge in [-0.15, -0.1) is 10.2 Å². The highest BCUT2D eigenvalue weighted by Crippen LogP contribution is 2.43. The van der Waals surface area contributed by atoms with Crippen LogP contribution >= 0.6 is 0 Å². The minimum absolute atomic E-state index is 0.0491. The molecular formula is C16H23N3O5. The Hall–Kier alpha value is -2.12. The van der Waals surface area contributed by atoms with Crippen molar-refractivity contribution < 1.29 is 23.5 Å². The first-order valence-corrected chi connectivity index (χ1v) is 8.21. The number of likely N-dealkylation sites (tertiary alicyclic amines) is 1. The number of ether oxygens (including phenoxy) is 2. The minimum atomic E-state index is -0.603. The lowest BCUT2D eigenvalue weighted by Crippen LogP contribution is -2.51. The predicted octanol–water partition coefficient (Wildman–Crippen LogP) is 2.21. The van der Waals surface area contributed by atoms with E-state index < -0.39 is 23.7 Å². The van der Waals surface area contributed by atoms with Gasteiger partial charge in [0.05, 0.1) is 0 Å². The van der Waals surface area contributed by atoms with Crippen LogP contribution in [0.25, 0.3) is 0 Å². The number of aryl methyl sites for hydroxylation is 1. The molecule has 1 saturated carbocycles. The van der Waals surface area contributed by atoms with E-state index in [9.17, 15) is 9.59 Å². The van der Waals surface area contributed by atoms with Crippen LogP contribution in [0.3, 0.4) is 0 Å². The SMILES string of the molecule is Cc1nnc(COC(=O)[C@@H]2[C@H]3CC[C@H](C3)N2C(=O)OC(C)(C)C)o1. The number of hydrogen-bond donors (Lipinski definition) is 0. The molecule has 24 heavy (non-hydrogen) atoms. The maximum absolute atomic E-state index is 12.5. The van der Waals surface area contributed by atoms with Crippen LogP contribution in [0, 0.1) is 12.8 Å². The molecule has 2 bridgehead atoms. The standard InChI is InChI=1S/C16H23N3O5/c1-9-17-18-12(23-9)8-22-14(20)13-10-5-6-11(7-10)19(13)15(21)24-16(2,3)4/h10-11,13H,5-8H2,1-4H3/t10-,11+,13-/m0/s1. The van der Waals surface area contributed by atoms with Crippen LogP contribution in [0.4, 0.5) is 4.79 Å². The summed E-state index contributed by atoms with van der Waals surface area (Å²) in [6.45, 7) is 7.01. The van der Waals surface area contributed by atoms with Crippen molar-refractivity contribution in [2.75, 3.05) is 0 Å². The molecule has 2 heterocycles. The molecule has 1 aliphatic heterocycles. The van der Waals surface area contributed by atoms with E-state index in [-0.39, 0.29) is 24.5 Å². The Morgan fingerprint density at radius 3 is 2.67 bits per heavy atom. The second-order valence-corrected chi connectivity index (χ2v) is 7.38. The maximum Gasteiger partial charge on any atom is 0.411 e. The summed E-state index contributed by atoms with van der Waals surface area (Å²) in [5.41, 5.74) is -0.603. The average Bonchev–Trinajstić information content (AvgIpc) is 3.17. The van der Waals surface area contributed by atoms with Gasteiger partial charge in [-0.25, -0.2) is 9.59 Å². The Bertz CT molecular complexity index is 636. The zero-order valence-corrected chi connectivity index (χ0v) is 14.4. The van der Waals surface area contributed by atoms with Crippen molar-refractivity contribution in [2.24, 2.45) is 5.92 Å². The predicted molar refractivity (Wildman–Crippen MR) is 81.8 cm³/mol. The molecule has 8 heteroatoms. The highest BCUT2D eigenvalue weighted by Gasteiger charge is 2.53. The van der Waals surface area contributed by atoms with Crippen LogP contribution in [-0.4, -0.2) is 44.8 Å². The molecule has 1 aromatic rings. The van der Waals surface area contributed by atoms with E-state index in [4.69, 9.17) is 13.9 Å². The number of nitrogens with zero attached hydrogens (tertiary/aromatic N) is 3. The molecule has 2 fully saturated rings.